The molecule has 0 saturated carbocycles. The van der Waals surface area contributed by atoms with Gasteiger partial charge in [0, 0.05) is 16.1 Å². The number of benzene rings is 2. The van der Waals surface area contributed by atoms with Crippen molar-refractivity contribution in [1.82, 2.24) is 10.6 Å². The highest BCUT2D eigenvalue weighted by atomic mass is 35.5. The Labute approximate surface area is 163 Å². The number of rotatable bonds is 3. The Kier molecular flexibility index (Phi) is 6.34. The second-order valence-electron chi connectivity index (χ2n) is 6.66. The van der Waals surface area contributed by atoms with Gasteiger partial charge in [-0.3, -0.25) is 14.9 Å². The van der Waals surface area contributed by atoms with Gasteiger partial charge in [-0.1, -0.05) is 23.7 Å². The number of carbonyl (C=O) groups excluding carboxylic acids is 2. The summed E-state index contributed by atoms with van der Waals surface area (Å²) in [6.45, 7) is 5.70. The molecule has 0 atom stereocenters. The summed E-state index contributed by atoms with van der Waals surface area (Å²) < 4.78 is 0. The molecule has 0 unspecified atom stereocenters. The number of hydrogen-bond donors (Lipinski definition) is 3. The van der Waals surface area contributed by atoms with E-state index in [9.17, 15) is 9.59 Å². The lowest BCUT2D eigenvalue weighted by Gasteiger charge is -2.21. The molecule has 3 N–H and O–H groups in total. The van der Waals surface area contributed by atoms with E-state index in [2.05, 4.69) is 16.0 Å². The molecule has 0 aliphatic rings. The lowest BCUT2D eigenvalue weighted by molar-refractivity contribution is 0.0919. The summed E-state index contributed by atoms with van der Waals surface area (Å²) in [5.74, 6) is -0.594. The van der Waals surface area contributed by atoms with Crippen molar-refractivity contribution in [3.05, 3.63) is 64.7 Å². The highest BCUT2D eigenvalue weighted by Crippen LogP contribution is 2.16. The maximum Gasteiger partial charge on any atom is 0.257 e. The molecule has 0 heterocycles. The van der Waals surface area contributed by atoms with E-state index >= 15 is 0 Å². The summed E-state index contributed by atoms with van der Waals surface area (Å²) in [6.07, 6.45) is 0. The zero-order valence-corrected chi connectivity index (χ0v) is 16.3. The molecular weight excluding hydrogens is 370 g/mol. The van der Waals surface area contributed by atoms with Crippen LogP contribution in [0.3, 0.4) is 0 Å². The van der Waals surface area contributed by atoms with E-state index in [4.69, 9.17) is 23.8 Å². The molecule has 0 spiro atoms. The number of amides is 2. The predicted molar refractivity (Wildman–Crippen MR) is 109 cm³/mol. The van der Waals surface area contributed by atoms with Gasteiger partial charge in [-0.25, -0.2) is 0 Å². The van der Waals surface area contributed by atoms with Crippen molar-refractivity contribution in [1.29, 1.82) is 0 Å². The molecule has 7 heteroatoms. The largest absolute Gasteiger partial charge is 0.347 e. The maximum absolute atomic E-state index is 12.4. The van der Waals surface area contributed by atoms with Gasteiger partial charge in [0.05, 0.1) is 11.3 Å². The Morgan fingerprint density at radius 3 is 2.19 bits per heavy atom. The van der Waals surface area contributed by atoms with E-state index in [0.717, 1.165) is 0 Å². The minimum Gasteiger partial charge on any atom is -0.347 e. The molecular formula is C19H20ClN3O2S. The van der Waals surface area contributed by atoms with Gasteiger partial charge in [-0.15, -0.1) is 0 Å². The van der Waals surface area contributed by atoms with Crippen LogP contribution in [0.5, 0.6) is 0 Å². The van der Waals surface area contributed by atoms with Crippen LogP contribution < -0.4 is 16.0 Å². The second kappa shape index (κ2) is 8.29. The van der Waals surface area contributed by atoms with Crippen LogP contribution in [0.4, 0.5) is 5.69 Å². The first-order valence-electron chi connectivity index (χ1n) is 7.95. The van der Waals surface area contributed by atoms with Crippen LogP contribution in [-0.2, 0) is 0 Å². The zero-order valence-electron chi connectivity index (χ0n) is 14.7. The number of halogens is 1. The van der Waals surface area contributed by atoms with E-state index in [-0.39, 0.29) is 22.5 Å². The normalized spacial score (nSPS) is 10.8. The van der Waals surface area contributed by atoms with Crippen LogP contribution in [-0.4, -0.2) is 22.5 Å². The van der Waals surface area contributed by atoms with Crippen LogP contribution in [0.2, 0.25) is 5.02 Å². The third kappa shape index (κ3) is 5.82. The zero-order chi connectivity index (χ0) is 19.3. The van der Waals surface area contributed by atoms with Gasteiger partial charge in [0.25, 0.3) is 11.8 Å². The number of anilines is 1. The molecule has 2 aromatic rings. The molecule has 0 radical (unpaired) electrons. The van der Waals surface area contributed by atoms with E-state index in [1.165, 1.54) is 0 Å². The van der Waals surface area contributed by atoms with E-state index in [1.54, 1.807) is 48.5 Å². The fourth-order valence-electron chi connectivity index (χ4n) is 2.13. The first-order valence-corrected chi connectivity index (χ1v) is 8.74. The molecule has 26 heavy (non-hydrogen) atoms. The van der Waals surface area contributed by atoms with Gasteiger partial charge in [0.2, 0.25) is 0 Å². The third-order valence-corrected chi connectivity index (χ3v) is 3.70. The molecule has 0 aliphatic carbocycles. The topological polar surface area (TPSA) is 70.2 Å². The summed E-state index contributed by atoms with van der Waals surface area (Å²) in [5, 5.41) is 9.03. The van der Waals surface area contributed by atoms with Crippen LogP contribution in [0.15, 0.2) is 48.5 Å². The van der Waals surface area contributed by atoms with Gasteiger partial charge < -0.3 is 10.6 Å². The molecule has 0 aromatic heterocycles. The molecule has 2 aromatic carbocycles. The molecule has 2 rings (SSSR count). The summed E-state index contributed by atoms with van der Waals surface area (Å²) in [7, 11) is 0. The first kappa shape index (κ1) is 19.9. The fraction of sp³-hybridized carbons (Fsp3) is 0.211. The van der Waals surface area contributed by atoms with Gasteiger partial charge in [-0.2, -0.15) is 0 Å². The quantitative estimate of drug-likeness (QED) is 0.694. The van der Waals surface area contributed by atoms with Crippen molar-refractivity contribution >= 4 is 46.4 Å². The van der Waals surface area contributed by atoms with E-state index in [0.29, 0.717) is 21.8 Å². The highest BCUT2D eigenvalue weighted by molar-refractivity contribution is 7.80. The van der Waals surface area contributed by atoms with Crippen LogP contribution in [0.25, 0.3) is 0 Å². The number of para-hydroxylation sites is 1. The Balaban J connectivity index is 2.08. The molecule has 0 fully saturated rings. The smallest absolute Gasteiger partial charge is 0.257 e. The van der Waals surface area contributed by atoms with Gasteiger partial charge in [-0.05, 0) is 69.4 Å². The molecule has 5 nitrogen and oxygen atoms in total. The standard InChI is InChI=1S/C19H20ClN3O2S/c1-19(2,3)23-17(25)14-6-4-5-7-15(14)21-18(26)22-16(24)12-8-10-13(20)11-9-12/h4-11H,1-3H3,(H,23,25)(H2,21,22,24,26). The second-order valence-corrected chi connectivity index (χ2v) is 7.51. The first-order chi connectivity index (χ1) is 12.2. The van der Waals surface area contributed by atoms with E-state index in [1.807, 2.05) is 20.8 Å². The summed E-state index contributed by atoms with van der Waals surface area (Å²) >= 11 is 11.0. The monoisotopic (exact) mass is 389 g/mol. The van der Waals surface area contributed by atoms with Crippen LogP contribution >= 0.6 is 23.8 Å². The number of nitrogens with one attached hydrogen (secondary N) is 3. The highest BCUT2D eigenvalue weighted by Gasteiger charge is 2.18. The average molecular weight is 390 g/mol. The Hall–Kier alpha value is -2.44. The van der Waals surface area contributed by atoms with Crippen molar-refractivity contribution in [2.45, 2.75) is 26.3 Å². The van der Waals surface area contributed by atoms with Gasteiger partial charge >= 0.3 is 0 Å². The molecule has 136 valence electrons. The van der Waals surface area contributed by atoms with Crippen molar-refractivity contribution in [3.8, 4) is 0 Å². The maximum atomic E-state index is 12.4. The number of carbonyl (C=O) groups is 2. The minimum absolute atomic E-state index is 0.0981. The summed E-state index contributed by atoms with van der Waals surface area (Å²) in [5.41, 5.74) is 1.01. The Morgan fingerprint density at radius 2 is 1.58 bits per heavy atom. The molecule has 0 saturated heterocycles. The van der Waals surface area contributed by atoms with Crippen molar-refractivity contribution in [2.24, 2.45) is 0 Å². The average Bonchev–Trinajstić information content (AvgIpc) is 2.54. The van der Waals surface area contributed by atoms with Crippen molar-refractivity contribution in [2.75, 3.05) is 5.32 Å². The number of thiocarbonyl (C=S) groups is 1. The van der Waals surface area contributed by atoms with Crippen molar-refractivity contribution < 1.29 is 9.59 Å². The predicted octanol–water partition coefficient (Wildman–Crippen LogP) is 4.00. The van der Waals surface area contributed by atoms with Crippen LogP contribution in [0, 0.1) is 0 Å². The third-order valence-electron chi connectivity index (χ3n) is 3.24. The molecule has 2 amide bonds. The Bertz CT molecular complexity index is 829. The van der Waals surface area contributed by atoms with Gasteiger partial charge in [0.1, 0.15) is 0 Å². The Morgan fingerprint density at radius 1 is 0.962 bits per heavy atom. The minimum atomic E-state index is -0.368. The van der Waals surface area contributed by atoms with E-state index < -0.39 is 0 Å². The lowest BCUT2D eigenvalue weighted by atomic mass is 10.1. The number of hydrogen-bond acceptors (Lipinski definition) is 3. The van der Waals surface area contributed by atoms with Crippen molar-refractivity contribution in [3.63, 3.8) is 0 Å². The SMILES string of the molecule is CC(C)(C)NC(=O)c1ccccc1NC(=S)NC(=O)c1ccc(Cl)cc1. The lowest BCUT2D eigenvalue weighted by Crippen LogP contribution is -2.41. The summed E-state index contributed by atoms with van der Waals surface area (Å²) in [4.78, 5) is 24.6. The molecule has 0 bridgehead atoms. The van der Waals surface area contributed by atoms with Crippen LogP contribution in [0.1, 0.15) is 41.5 Å². The summed E-state index contributed by atoms with van der Waals surface area (Å²) in [6, 6.07) is 13.4. The fourth-order valence-corrected chi connectivity index (χ4v) is 2.46. The molecule has 0 aliphatic heterocycles. The van der Waals surface area contributed by atoms with Gasteiger partial charge in [0.15, 0.2) is 5.11 Å².